The van der Waals surface area contributed by atoms with Gasteiger partial charge in [-0.1, -0.05) is 6.92 Å². The quantitative estimate of drug-likeness (QED) is 0.790. The molecule has 0 aliphatic carbocycles. The summed E-state index contributed by atoms with van der Waals surface area (Å²) >= 11 is 1.58. The van der Waals surface area contributed by atoms with E-state index in [9.17, 15) is 4.79 Å². The maximum atomic E-state index is 10.4. The standard InChI is InChI=1S/C13H18O3S/c1-4-13(2,3)16-8-11-7-10(9-17-11)5-6-12(14)15/h5-7,9H,4,8H2,1-3H3,(H,14,15). The van der Waals surface area contributed by atoms with Crippen LogP contribution in [0.4, 0.5) is 0 Å². The summed E-state index contributed by atoms with van der Waals surface area (Å²) in [5.41, 5.74) is 0.798. The zero-order valence-electron chi connectivity index (χ0n) is 10.4. The van der Waals surface area contributed by atoms with Crippen molar-refractivity contribution >= 4 is 23.4 Å². The molecule has 4 heteroatoms. The Bertz CT molecular complexity index is 405. The van der Waals surface area contributed by atoms with Gasteiger partial charge in [-0.2, -0.15) is 0 Å². The van der Waals surface area contributed by atoms with Gasteiger partial charge in [0, 0.05) is 11.0 Å². The Labute approximate surface area is 106 Å². The van der Waals surface area contributed by atoms with Crippen LogP contribution >= 0.6 is 11.3 Å². The van der Waals surface area contributed by atoms with E-state index in [1.807, 2.05) is 11.4 Å². The molecule has 0 aromatic carbocycles. The first-order valence-electron chi connectivity index (χ1n) is 5.55. The summed E-state index contributed by atoms with van der Waals surface area (Å²) in [5.74, 6) is -0.930. The van der Waals surface area contributed by atoms with Gasteiger partial charge in [0.25, 0.3) is 0 Å². The van der Waals surface area contributed by atoms with E-state index in [0.29, 0.717) is 6.61 Å². The van der Waals surface area contributed by atoms with E-state index in [-0.39, 0.29) is 5.60 Å². The lowest BCUT2D eigenvalue weighted by atomic mass is 10.1. The number of thiophene rings is 1. The molecule has 1 aromatic rings. The molecule has 17 heavy (non-hydrogen) atoms. The molecule has 0 radical (unpaired) electrons. The zero-order valence-corrected chi connectivity index (χ0v) is 11.2. The minimum atomic E-state index is -0.930. The van der Waals surface area contributed by atoms with E-state index < -0.39 is 5.97 Å². The highest BCUT2D eigenvalue weighted by Crippen LogP contribution is 2.21. The number of carboxylic acid groups (broad SMARTS) is 1. The Morgan fingerprint density at radius 2 is 2.29 bits per heavy atom. The van der Waals surface area contributed by atoms with Gasteiger partial charge in [-0.15, -0.1) is 11.3 Å². The maximum Gasteiger partial charge on any atom is 0.328 e. The Hall–Kier alpha value is -1.13. The van der Waals surface area contributed by atoms with Gasteiger partial charge in [0.15, 0.2) is 0 Å². The second-order valence-corrected chi connectivity index (χ2v) is 5.42. The van der Waals surface area contributed by atoms with Crippen LogP contribution in [-0.2, 0) is 16.1 Å². The number of ether oxygens (including phenoxy) is 1. The third kappa shape index (κ3) is 5.15. The van der Waals surface area contributed by atoms with Crippen molar-refractivity contribution in [2.45, 2.75) is 39.4 Å². The molecule has 0 spiro atoms. The fourth-order valence-corrected chi connectivity index (χ4v) is 1.86. The predicted molar refractivity (Wildman–Crippen MR) is 70.1 cm³/mol. The molecule has 0 amide bonds. The Kier molecular flexibility index (Phi) is 4.90. The Morgan fingerprint density at radius 3 is 2.88 bits per heavy atom. The van der Waals surface area contributed by atoms with Gasteiger partial charge < -0.3 is 9.84 Å². The van der Waals surface area contributed by atoms with Crippen molar-refractivity contribution in [2.24, 2.45) is 0 Å². The molecule has 0 atom stereocenters. The molecule has 0 unspecified atom stereocenters. The van der Waals surface area contributed by atoms with Crippen LogP contribution in [0, 0.1) is 0 Å². The summed E-state index contributed by atoms with van der Waals surface area (Å²) in [6.07, 6.45) is 3.69. The van der Waals surface area contributed by atoms with Gasteiger partial charge in [-0.25, -0.2) is 4.79 Å². The minimum absolute atomic E-state index is 0.110. The van der Waals surface area contributed by atoms with E-state index in [2.05, 4.69) is 20.8 Å². The topological polar surface area (TPSA) is 46.5 Å². The van der Waals surface area contributed by atoms with Gasteiger partial charge >= 0.3 is 5.97 Å². The monoisotopic (exact) mass is 254 g/mol. The lowest BCUT2D eigenvalue weighted by molar-refractivity contribution is -0.131. The molecule has 3 nitrogen and oxygen atoms in total. The smallest absolute Gasteiger partial charge is 0.328 e. The van der Waals surface area contributed by atoms with Crippen molar-refractivity contribution in [2.75, 3.05) is 0 Å². The highest BCUT2D eigenvalue weighted by molar-refractivity contribution is 7.10. The number of aliphatic carboxylic acids is 1. The third-order valence-corrected chi connectivity index (χ3v) is 3.48. The second-order valence-electron chi connectivity index (χ2n) is 4.42. The fraction of sp³-hybridized carbons (Fsp3) is 0.462. The van der Waals surface area contributed by atoms with E-state index in [0.717, 1.165) is 22.9 Å². The van der Waals surface area contributed by atoms with Gasteiger partial charge in [-0.3, -0.25) is 0 Å². The van der Waals surface area contributed by atoms with Crippen LogP contribution in [0.25, 0.3) is 6.08 Å². The van der Waals surface area contributed by atoms with Crippen LogP contribution in [-0.4, -0.2) is 16.7 Å². The van der Waals surface area contributed by atoms with Gasteiger partial charge in [0.2, 0.25) is 0 Å². The van der Waals surface area contributed by atoms with E-state index >= 15 is 0 Å². The van der Waals surface area contributed by atoms with Crippen molar-refractivity contribution in [3.8, 4) is 0 Å². The maximum absolute atomic E-state index is 10.4. The lowest BCUT2D eigenvalue weighted by Crippen LogP contribution is -2.22. The molecule has 0 fully saturated rings. The minimum Gasteiger partial charge on any atom is -0.478 e. The molecule has 0 aliphatic heterocycles. The number of carbonyl (C=O) groups is 1. The number of hydrogen-bond acceptors (Lipinski definition) is 3. The van der Waals surface area contributed by atoms with Crippen molar-refractivity contribution in [3.63, 3.8) is 0 Å². The molecule has 1 rings (SSSR count). The normalized spacial score (nSPS) is 12.2. The molecule has 1 N–H and O–H groups in total. The summed E-state index contributed by atoms with van der Waals surface area (Å²) in [4.78, 5) is 11.5. The van der Waals surface area contributed by atoms with Crippen molar-refractivity contribution in [1.29, 1.82) is 0 Å². The van der Waals surface area contributed by atoms with Crippen molar-refractivity contribution in [3.05, 3.63) is 28.0 Å². The van der Waals surface area contributed by atoms with Gasteiger partial charge in [-0.05, 0) is 43.4 Å². The first-order valence-corrected chi connectivity index (χ1v) is 6.43. The second kappa shape index (κ2) is 5.98. The average Bonchev–Trinajstić information content (AvgIpc) is 2.72. The molecule has 94 valence electrons. The molecule has 0 aliphatic rings. The molecular weight excluding hydrogens is 236 g/mol. The number of hydrogen-bond donors (Lipinski definition) is 1. The summed E-state index contributed by atoms with van der Waals surface area (Å²) in [7, 11) is 0. The lowest BCUT2D eigenvalue weighted by Gasteiger charge is -2.22. The van der Waals surface area contributed by atoms with E-state index in [4.69, 9.17) is 9.84 Å². The molecule has 1 aromatic heterocycles. The number of rotatable bonds is 6. The van der Waals surface area contributed by atoms with Crippen LogP contribution in [0.3, 0.4) is 0 Å². The van der Waals surface area contributed by atoms with Crippen LogP contribution in [0.1, 0.15) is 37.6 Å². The highest BCUT2D eigenvalue weighted by Gasteiger charge is 2.15. The summed E-state index contributed by atoms with van der Waals surface area (Å²) in [5, 5.41) is 10.4. The average molecular weight is 254 g/mol. The van der Waals surface area contributed by atoms with E-state index in [1.165, 1.54) is 0 Å². The van der Waals surface area contributed by atoms with Crippen LogP contribution < -0.4 is 0 Å². The molecule has 1 heterocycles. The third-order valence-electron chi connectivity index (χ3n) is 2.55. The summed E-state index contributed by atoms with van der Waals surface area (Å²) in [6, 6.07) is 1.95. The SMILES string of the molecule is CCC(C)(C)OCc1cc(C=CC(=O)O)cs1. The van der Waals surface area contributed by atoms with Crippen molar-refractivity contribution < 1.29 is 14.6 Å². The largest absolute Gasteiger partial charge is 0.478 e. The van der Waals surface area contributed by atoms with Crippen LogP contribution in [0.2, 0.25) is 0 Å². The van der Waals surface area contributed by atoms with Crippen LogP contribution in [0.15, 0.2) is 17.5 Å². The van der Waals surface area contributed by atoms with Gasteiger partial charge in [0.1, 0.15) is 0 Å². The van der Waals surface area contributed by atoms with Crippen molar-refractivity contribution in [1.82, 2.24) is 0 Å². The van der Waals surface area contributed by atoms with Gasteiger partial charge in [0.05, 0.1) is 12.2 Å². The first-order chi connectivity index (χ1) is 7.93. The Morgan fingerprint density at radius 1 is 1.59 bits per heavy atom. The molecule has 0 saturated heterocycles. The summed E-state index contributed by atoms with van der Waals surface area (Å²) in [6.45, 7) is 6.79. The first kappa shape index (κ1) is 13.9. The molecular formula is C13H18O3S. The molecule has 0 bridgehead atoms. The highest BCUT2D eigenvalue weighted by atomic mass is 32.1. The zero-order chi connectivity index (χ0) is 12.9. The molecule has 0 saturated carbocycles. The Balaban J connectivity index is 2.54. The summed E-state index contributed by atoms with van der Waals surface area (Å²) < 4.78 is 5.77. The van der Waals surface area contributed by atoms with E-state index in [1.54, 1.807) is 17.4 Å². The fourth-order valence-electron chi connectivity index (χ4n) is 1.10. The van der Waals surface area contributed by atoms with Crippen LogP contribution in [0.5, 0.6) is 0 Å². The number of carboxylic acids is 1. The predicted octanol–water partition coefficient (Wildman–Crippen LogP) is 3.55.